The number of nitriles is 1. The molecule has 0 radical (unpaired) electrons. The smallest absolute Gasteiger partial charge is 0.339 e. The van der Waals surface area contributed by atoms with Gasteiger partial charge in [0.05, 0.1) is 15.1 Å². The Kier molecular flexibility index (Phi) is 9.31. The van der Waals surface area contributed by atoms with E-state index in [1.807, 2.05) is 29.5 Å². The lowest BCUT2D eigenvalue weighted by molar-refractivity contribution is -0.384. The minimum absolute atomic E-state index is 0.0313. The number of carbonyl (C=O) groups is 1. The van der Waals surface area contributed by atoms with Gasteiger partial charge >= 0.3 is 10.1 Å². The highest BCUT2D eigenvalue weighted by atomic mass is 127. The van der Waals surface area contributed by atoms with Gasteiger partial charge in [-0.05, 0) is 84.5 Å². The second kappa shape index (κ2) is 12.2. The Morgan fingerprint density at radius 2 is 1.89 bits per heavy atom. The van der Waals surface area contributed by atoms with Crippen molar-refractivity contribution < 1.29 is 27.1 Å². The van der Waals surface area contributed by atoms with E-state index in [-0.39, 0.29) is 39.3 Å². The van der Waals surface area contributed by atoms with Crippen LogP contribution in [0.25, 0.3) is 6.08 Å². The maximum Gasteiger partial charge on any atom is 0.339 e. The summed E-state index contributed by atoms with van der Waals surface area (Å²) in [7, 11) is -4.17. The molecule has 13 heteroatoms. The van der Waals surface area contributed by atoms with Crippen molar-refractivity contribution in [1.82, 2.24) is 0 Å². The van der Waals surface area contributed by atoms with Crippen LogP contribution in [0.5, 0.6) is 11.5 Å². The number of nitrogens with zero attached hydrogens (tertiary/aromatic N) is 2. The van der Waals surface area contributed by atoms with Crippen LogP contribution in [0.1, 0.15) is 18.1 Å². The molecule has 0 unspecified atom stereocenters. The van der Waals surface area contributed by atoms with Gasteiger partial charge in [-0.3, -0.25) is 14.9 Å². The van der Waals surface area contributed by atoms with Gasteiger partial charge in [-0.15, -0.1) is 0 Å². The summed E-state index contributed by atoms with van der Waals surface area (Å²) in [6.45, 7) is 3.72. The first-order valence-corrected chi connectivity index (χ1v) is 13.7. The molecule has 3 aromatic carbocycles. The first-order valence-electron chi connectivity index (χ1n) is 10.8. The topological polar surface area (TPSA) is 149 Å². The number of nitro groups is 1. The van der Waals surface area contributed by atoms with Crippen LogP contribution in [0, 0.1) is 31.9 Å². The van der Waals surface area contributed by atoms with Crippen molar-refractivity contribution in [3.05, 3.63) is 90.0 Å². The maximum absolute atomic E-state index is 12.8. The molecule has 0 spiro atoms. The normalized spacial score (nSPS) is 11.4. The number of ether oxygens (including phenoxy) is 1. The van der Waals surface area contributed by atoms with Crippen molar-refractivity contribution in [2.75, 3.05) is 11.9 Å². The van der Waals surface area contributed by atoms with Crippen LogP contribution < -0.4 is 14.2 Å². The van der Waals surface area contributed by atoms with Gasteiger partial charge in [0.2, 0.25) is 0 Å². The predicted molar refractivity (Wildman–Crippen MR) is 150 cm³/mol. The van der Waals surface area contributed by atoms with Gasteiger partial charge in [0.1, 0.15) is 21.6 Å². The molecule has 0 fully saturated rings. The Hall–Kier alpha value is -3.67. The Balaban J connectivity index is 1.93. The number of rotatable bonds is 9. The molecule has 0 atom stereocenters. The van der Waals surface area contributed by atoms with E-state index in [1.165, 1.54) is 42.5 Å². The van der Waals surface area contributed by atoms with Gasteiger partial charge in [0.25, 0.3) is 11.6 Å². The third-order valence-corrected chi connectivity index (χ3v) is 7.27. The fraction of sp³-hybridized carbons (Fsp3) is 0.120. The molecule has 0 heterocycles. The summed E-state index contributed by atoms with van der Waals surface area (Å²) in [5, 5.41) is 23.0. The number of halogens is 2. The fourth-order valence-corrected chi connectivity index (χ4v) is 5.15. The number of anilines is 1. The lowest BCUT2D eigenvalue weighted by atomic mass is 10.1. The number of hydrogen-bond acceptors (Lipinski definition) is 8. The van der Waals surface area contributed by atoms with Crippen LogP contribution >= 0.6 is 34.2 Å². The number of nitro benzene ring substituents is 1. The predicted octanol–water partition coefficient (Wildman–Crippen LogP) is 5.87. The van der Waals surface area contributed by atoms with Crippen molar-refractivity contribution in [1.29, 1.82) is 5.26 Å². The largest absolute Gasteiger partial charge is 0.490 e. The second-order valence-corrected chi connectivity index (χ2v) is 10.8. The number of amides is 1. The number of hydrogen-bond donors (Lipinski definition) is 1. The standard InChI is InChI=1S/C25H19ClIN3O7S/c1-3-36-23-12-16(11-21(27)24(23)37-38(34,35)19-7-4-15(2)5-8-19)10-17(14-28)25(31)29-18-6-9-20(26)22(13-18)30(32)33/h4-13H,3H2,1-2H3,(H,29,31)/b17-10+. The van der Waals surface area contributed by atoms with Crippen LogP contribution in [0.3, 0.4) is 0 Å². The van der Waals surface area contributed by atoms with Crippen LogP contribution in [0.15, 0.2) is 65.1 Å². The number of benzene rings is 3. The lowest BCUT2D eigenvalue weighted by Gasteiger charge is -2.15. The molecule has 0 aromatic heterocycles. The maximum atomic E-state index is 12.8. The fourth-order valence-electron chi connectivity index (χ4n) is 3.12. The molecular formula is C25H19ClIN3O7S. The third kappa shape index (κ3) is 7.00. The van der Waals surface area contributed by atoms with Crippen molar-refractivity contribution >= 4 is 67.7 Å². The molecule has 0 bridgehead atoms. The Bertz CT molecular complexity index is 1580. The minimum Gasteiger partial charge on any atom is -0.490 e. The quantitative estimate of drug-likeness (QED) is 0.0744. The highest BCUT2D eigenvalue weighted by Gasteiger charge is 2.23. The molecule has 1 N–H and O–H groups in total. The SMILES string of the molecule is CCOc1cc(/C=C(\C#N)C(=O)Nc2ccc(Cl)c([N+](=O)[O-])c2)cc(I)c1OS(=O)(=O)c1ccc(C)cc1. The molecule has 1 amide bonds. The van der Waals surface area contributed by atoms with E-state index in [2.05, 4.69) is 5.32 Å². The van der Waals surface area contributed by atoms with E-state index < -0.39 is 26.6 Å². The van der Waals surface area contributed by atoms with Crippen molar-refractivity contribution in [3.8, 4) is 17.6 Å². The van der Waals surface area contributed by atoms with Crippen LogP contribution in [0.4, 0.5) is 11.4 Å². The number of carbonyl (C=O) groups excluding carboxylic acids is 1. The minimum atomic E-state index is -4.17. The highest BCUT2D eigenvalue weighted by Crippen LogP contribution is 2.37. The summed E-state index contributed by atoms with van der Waals surface area (Å²) in [5.74, 6) is -0.770. The zero-order chi connectivity index (χ0) is 28.0. The first kappa shape index (κ1) is 28.9. The molecule has 0 aliphatic carbocycles. The molecule has 0 aliphatic rings. The average molecular weight is 668 g/mol. The first-order chi connectivity index (χ1) is 17.9. The van der Waals surface area contributed by atoms with E-state index in [0.29, 0.717) is 9.13 Å². The summed E-state index contributed by atoms with van der Waals surface area (Å²) >= 11 is 7.66. The molecule has 3 aromatic rings. The molecule has 3 rings (SSSR count). The molecule has 0 saturated carbocycles. The van der Waals surface area contributed by atoms with Gasteiger partial charge in [-0.2, -0.15) is 13.7 Å². The van der Waals surface area contributed by atoms with E-state index in [1.54, 1.807) is 25.1 Å². The summed E-state index contributed by atoms with van der Waals surface area (Å²) in [6.07, 6.45) is 1.27. The molecule has 196 valence electrons. The molecule has 0 saturated heterocycles. The van der Waals surface area contributed by atoms with Crippen molar-refractivity contribution in [2.24, 2.45) is 0 Å². The van der Waals surface area contributed by atoms with E-state index in [0.717, 1.165) is 11.6 Å². The van der Waals surface area contributed by atoms with E-state index in [4.69, 9.17) is 20.5 Å². The van der Waals surface area contributed by atoms with Gasteiger partial charge in [0, 0.05) is 11.8 Å². The molecular weight excluding hydrogens is 649 g/mol. The van der Waals surface area contributed by atoms with Gasteiger partial charge in [0.15, 0.2) is 11.5 Å². The van der Waals surface area contributed by atoms with Gasteiger partial charge in [-0.25, -0.2) is 0 Å². The van der Waals surface area contributed by atoms with Crippen LogP contribution in [-0.2, 0) is 14.9 Å². The lowest BCUT2D eigenvalue weighted by Crippen LogP contribution is -2.14. The summed E-state index contributed by atoms with van der Waals surface area (Å²) < 4.78 is 37.0. The monoisotopic (exact) mass is 667 g/mol. The zero-order valence-corrected chi connectivity index (χ0v) is 23.6. The number of aryl methyl sites for hydroxylation is 1. The van der Waals surface area contributed by atoms with Gasteiger partial charge < -0.3 is 14.2 Å². The third-order valence-electron chi connectivity index (χ3n) is 4.91. The Morgan fingerprint density at radius 3 is 2.50 bits per heavy atom. The van der Waals surface area contributed by atoms with Crippen molar-refractivity contribution in [2.45, 2.75) is 18.7 Å². The molecule has 38 heavy (non-hydrogen) atoms. The molecule has 0 aliphatic heterocycles. The Labute approximate surface area is 237 Å². The zero-order valence-electron chi connectivity index (χ0n) is 19.9. The van der Waals surface area contributed by atoms with Crippen LogP contribution in [0.2, 0.25) is 5.02 Å². The van der Waals surface area contributed by atoms with Crippen LogP contribution in [-0.4, -0.2) is 25.9 Å². The highest BCUT2D eigenvalue weighted by molar-refractivity contribution is 14.1. The van der Waals surface area contributed by atoms with E-state index in [9.17, 15) is 28.6 Å². The summed E-state index contributed by atoms with van der Waals surface area (Å²) in [5.41, 5.74) is 0.589. The summed E-state index contributed by atoms with van der Waals surface area (Å²) in [6, 6.07) is 14.6. The second-order valence-electron chi connectivity index (χ2n) is 7.66. The average Bonchev–Trinajstić information content (AvgIpc) is 2.86. The molecule has 10 nitrogen and oxygen atoms in total. The van der Waals surface area contributed by atoms with E-state index >= 15 is 0 Å². The van der Waals surface area contributed by atoms with Gasteiger partial charge in [-0.1, -0.05) is 29.3 Å². The summed E-state index contributed by atoms with van der Waals surface area (Å²) in [4.78, 5) is 23.1. The number of nitrogens with one attached hydrogen (secondary N) is 1. The van der Waals surface area contributed by atoms with Crippen molar-refractivity contribution in [3.63, 3.8) is 0 Å². The Morgan fingerprint density at radius 1 is 1.21 bits per heavy atom.